The van der Waals surface area contributed by atoms with Crippen LogP contribution in [-0.2, 0) is 11.2 Å². The fraction of sp³-hybridized carbons (Fsp3) is 0.333. The van der Waals surface area contributed by atoms with Crippen LogP contribution in [0.15, 0.2) is 54.6 Å². The highest BCUT2D eigenvalue weighted by Gasteiger charge is 2.41. The first-order valence-corrected chi connectivity index (χ1v) is 8.56. The number of hydrogen-bond donors (Lipinski definition) is 2. The molecule has 130 valence electrons. The van der Waals surface area contributed by atoms with Crippen molar-refractivity contribution >= 4 is 11.6 Å². The maximum Gasteiger partial charge on any atom is 0.120 e. The fourth-order valence-electron chi connectivity index (χ4n) is 3.75. The molecule has 0 bridgehead atoms. The van der Waals surface area contributed by atoms with Gasteiger partial charge in [0.25, 0.3) is 0 Å². The van der Waals surface area contributed by atoms with E-state index in [1.165, 1.54) is 0 Å². The van der Waals surface area contributed by atoms with E-state index in [0.29, 0.717) is 0 Å². The predicted octanol–water partition coefficient (Wildman–Crippen LogP) is 3.98. The van der Waals surface area contributed by atoms with E-state index in [0.717, 1.165) is 42.7 Å². The molecule has 2 aromatic rings. The van der Waals surface area contributed by atoms with Gasteiger partial charge >= 0.3 is 0 Å². The number of hydrogen-bond acceptors (Lipinski definition) is 4. The van der Waals surface area contributed by atoms with Crippen molar-refractivity contribution < 1.29 is 14.6 Å². The Labute approximate surface area is 148 Å². The lowest BCUT2D eigenvalue weighted by Gasteiger charge is -2.33. The minimum atomic E-state index is -0.265. The Bertz CT molecular complexity index is 748. The van der Waals surface area contributed by atoms with Crippen molar-refractivity contribution in [1.82, 2.24) is 0 Å². The molecule has 4 nitrogen and oxygen atoms in total. The summed E-state index contributed by atoms with van der Waals surface area (Å²) in [6, 6.07) is 15.2. The van der Waals surface area contributed by atoms with Crippen LogP contribution in [-0.4, -0.2) is 24.2 Å². The van der Waals surface area contributed by atoms with Gasteiger partial charge in [0.15, 0.2) is 0 Å². The summed E-state index contributed by atoms with van der Waals surface area (Å²) in [5.74, 6) is 3.10. The Balaban J connectivity index is 1.82. The molecule has 1 saturated carbocycles. The summed E-state index contributed by atoms with van der Waals surface area (Å²) in [4.78, 5) is 11.2. The summed E-state index contributed by atoms with van der Waals surface area (Å²) >= 11 is 0. The van der Waals surface area contributed by atoms with Crippen LogP contribution in [0.3, 0.4) is 0 Å². The Morgan fingerprint density at radius 3 is 2.60 bits per heavy atom. The van der Waals surface area contributed by atoms with Gasteiger partial charge in [-0.25, -0.2) is 4.79 Å². The molecule has 1 fully saturated rings. The van der Waals surface area contributed by atoms with E-state index < -0.39 is 0 Å². The molecular weight excluding hydrogens is 314 g/mol. The Morgan fingerprint density at radius 1 is 1.24 bits per heavy atom. The van der Waals surface area contributed by atoms with Gasteiger partial charge in [-0.2, -0.15) is 0 Å². The second-order valence-electron chi connectivity index (χ2n) is 6.66. The fourth-order valence-corrected chi connectivity index (χ4v) is 3.75. The van der Waals surface area contributed by atoms with E-state index in [2.05, 4.69) is 5.32 Å². The number of anilines is 1. The highest BCUT2D eigenvalue weighted by atomic mass is 16.5. The lowest BCUT2D eigenvalue weighted by Crippen LogP contribution is -2.36. The van der Waals surface area contributed by atoms with E-state index in [1.807, 2.05) is 42.3 Å². The molecule has 0 aliphatic heterocycles. The molecule has 1 aliphatic carbocycles. The van der Waals surface area contributed by atoms with Crippen LogP contribution in [0.4, 0.5) is 5.69 Å². The zero-order valence-electron chi connectivity index (χ0n) is 14.4. The van der Waals surface area contributed by atoms with Crippen molar-refractivity contribution in [2.75, 3.05) is 12.4 Å². The molecule has 25 heavy (non-hydrogen) atoms. The van der Waals surface area contributed by atoms with Crippen LogP contribution in [0.2, 0.25) is 0 Å². The number of phenolic OH excluding ortho intramolecular Hbond substituents is 1. The highest BCUT2D eigenvalue weighted by molar-refractivity contribution is 5.52. The van der Waals surface area contributed by atoms with E-state index in [4.69, 9.17) is 4.74 Å². The van der Waals surface area contributed by atoms with Gasteiger partial charge in [0.1, 0.15) is 17.4 Å². The minimum Gasteiger partial charge on any atom is -0.508 e. The molecule has 2 N–H and O–H groups in total. The summed E-state index contributed by atoms with van der Waals surface area (Å²) < 4.78 is 5.20. The van der Waals surface area contributed by atoms with Crippen molar-refractivity contribution in [1.29, 1.82) is 0 Å². The van der Waals surface area contributed by atoms with Crippen LogP contribution in [0.5, 0.6) is 11.5 Å². The maximum absolute atomic E-state index is 11.2. The first-order chi connectivity index (χ1) is 12.1. The third-order valence-electron chi connectivity index (χ3n) is 5.08. The number of carbonyl (C=O) groups excluding carboxylic acids is 1. The summed E-state index contributed by atoms with van der Waals surface area (Å²) in [7, 11) is 1.65. The molecule has 0 saturated heterocycles. The van der Waals surface area contributed by atoms with Gasteiger partial charge in [-0.1, -0.05) is 18.6 Å². The molecule has 0 heterocycles. The van der Waals surface area contributed by atoms with Gasteiger partial charge in [-0.3, -0.25) is 0 Å². The average molecular weight is 337 g/mol. The van der Waals surface area contributed by atoms with Crippen molar-refractivity contribution in [2.45, 2.75) is 31.7 Å². The van der Waals surface area contributed by atoms with Crippen molar-refractivity contribution in [3.05, 3.63) is 60.2 Å². The molecule has 3 rings (SSSR count). The van der Waals surface area contributed by atoms with Gasteiger partial charge < -0.3 is 15.2 Å². The number of aromatic hydroxyl groups is 1. The lowest BCUT2D eigenvalue weighted by atomic mass is 9.77. The molecule has 1 aliphatic rings. The normalized spacial score (nSPS) is 22.2. The highest BCUT2D eigenvalue weighted by Crippen LogP contribution is 2.43. The third-order valence-corrected chi connectivity index (χ3v) is 5.08. The Morgan fingerprint density at radius 2 is 1.96 bits per heavy atom. The van der Waals surface area contributed by atoms with E-state index in [-0.39, 0.29) is 17.2 Å². The molecule has 2 aromatic carbocycles. The molecule has 0 aromatic heterocycles. The molecule has 2 unspecified atom stereocenters. The SMILES string of the molecule is COc1ccc(NC2CCCC2(C=C=O)Cc2ccc(O)cc2)cc1. The van der Waals surface area contributed by atoms with E-state index in [9.17, 15) is 9.90 Å². The van der Waals surface area contributed by atoms with Crippen LogP contribution in [0.25, 0.3) is 0 Å². The van der Waals surface area contributed by atoms with Gasteiger partial charge in [0, 0.05) is 23.2 Å². The number of nitrogens with one attached hydrogen (secondary N) is 1. The van der Waals surface area contributed by atoms with Crippen LogP contribution >= 0.6 is 0 Å². The quantitative estimate of drug-likeness (QED) is 0.783. The van der Waals surface area contributed by atoms with Crippen molar-refractivity contribution in [2.24, 2.45) is 5.41 Å². The van der Waals surface area contributed by atoms with Crippen LogP contribution in [0.1, 0.15) is 24.8 Å². The minimum absolute atomic E-state index is 0.163. The summed E-state index contributed by atoms with van der Waals surface area (Å²) in [5.41, 5.74) is 1.85. The van der Waals surface area contributed by atoms with Crippen LogP contribution in [0, 0.1) is 5.41 Å². The topological polar surface area (TPSA) is 58.6 Å². The first kappa shape index (κ1) is 17.1. The smallest absolute Gasteiger partial charge is 0.120 e. The molecule has 0 amide bonds. The standard InChI is InChI=1S/C21H23NO3/c1-25-19-10-6-17(7-11-19)22-20-3-2-12-21(20,13-14-23)15-16-4-8-18(24)9-5-16/h4-11,13,20,22,24H,2-3,12,15H2,1H3. The number of phenols is 1. The second kappa shape index (κ2) is 7.45. The van der Waals surface area contributed by atoms with Gasteiger partial charge in [0.2, 0.25) is 0 Å². The third kappa shape index (κ3) is 3.86. The molecule has 4 heteroatoms. The van der Waals surface area contributed by atoms with Gasteiger partial charge in [-0.15, -0.1) is 0 Å². The number of ether oxygens (including phenoxy) is 1. The Kier molecular flexibility index (Phi) is 5.11. The number of methoxy groups -OCH3 is 1. The summed E-state index contributed by atoms with van der Waals surface area (Å²) in [6.45, 7) is 0. The van der Waals surface area contributed by atoms with Crippen LogP contribution < -0.4 is 10.1 Å². The average Bonchev–Trinajstić information content (AvgIpc) is 3.00. The second-order valence-corrected chi connectivity index (χ2v) is 6.66. The molecule has 0 radical (unpaired) electrons. The summed E-state index contributed by atoms with van der Waals surface area (Å²) in [6.07, 6.45) is 5.44. The zero-order chi connectivity index (χ0) is 17.7. The van der Waals surface area contributed by atoms with Gasteiger partial charge in [-0.05, 0) is 61.2 Å². The van der Waals surface area contributed by atoms with Crippen molar-refractivity contribution in [3.63, 3.8) is 0 Å². The molecule has 2 atom stereocenters. The van der Waals surface area contributed by atoms with Crippen molar-refractivity contribution in [3.8, 4) is 11.5 Å². The number of benzene rings is 2. The van der Waals surface area contributed by atoms with E-state index >= 15 is 0 Å². The molecule has 0 spiro atoms. The lowest BCUT2D eigenvalue weighted by molar-refractivity contribution is 0.362. The molecular formula is C21H23NO3. The zero-order valence-corrected chi connectivity index (χ0v) is 14.4. The number of rotatable bonds is 6. The largest absolute Gasteiger partial charge is 0.508 e. The summed E-state index contributed by atoms with van der Waals surface area (Å²) in [5, 5.41) is 13.1. The maximum atomic E-state index is 11.2. The Hall–Kier alpha value is -2.71. The van der Waals surface area contributed by atoms with E-state index in [1.54, 1.807) is 25.3 Å². The van der Waals surface area contributed by atoms with Gasteiger partial charge in [0.05, 0.1) is 7.11 Å². The predicted molar refractivity (Wildman–Crippen MR) is 98.8 cm³/mol. The first-order valence-electron chi connectivity index (χ1n) is 8.56. The monoisotopic (exact) mass is 337 g/mol.